The molecular formula is C36H42N6O7. The van der Waals surface area contributed by atoms with Crippen molar-refractivity contribution in [3.05, 3.63) is 73.3 Å². The third-order valence-electron chi connectivity index (χ3n) is 9.48. The van der Waals surface area contributed by atoms with E-state index in [2.05, 4.69) is 17.2 Å². The van der Waals surface area contributed by atoms with Gasteiger partial charge in [-0.25, -0.2) is 9.59 Å². The van der Waals surface area contributed by atoms with E-state index in [0.717, 1.165) is 11.1 Å². The van der Waals surface area contributed by atoms with Gasteiger partial charge in [0.05, 0.1) is 19.3 Å². The quantitative estimate of drug-likeness (QED) is 0.272. The van der Waals surface area contributed by atoms with E-state index in [1.54, 1.807) is 4.80 Å². The Balaban J connectivity index is 1.34. The van der Waals surface area contributed by atoms with Crippen molar-refractivity contribution in [2.24, 2.45) is 11.3 Å². The van der Waals surface area contributed by atoms with Crippen LogP contribution in [0.2, 0.25) is 0 Å². The zero-order valence-electron chi connectivity index (χ0n) is 27.9. The molecule has 1 aromatic heterocycles. The highest BCUT2D eigenvalue weighted by atomic mass is 16.6. The molecule has 2 aliphatic heterocycles. The summed E-state index contributed by atoms with van der Waals surface area (Å²) in [5.74, 6) is -2.73. The maximum absolute atomic E-state index is 14.5. The SMILES string of the molecule is C=CC1CC1(NC(=O)C1CC(n2nc(-c3ccccc3)c(-c3ccccc3)n2)CN1C(=O)C(NC(=O)OC1CCOC1)C(C)(C)C)C(=O)O. The maximum atomic E-state index is 14.5. The summed E-state index contributed by atoms with van der Waals surface area (Å²) >= 11 is 0. The summed E-state index contributed by atoms with van der Waals surface area (Å²) < 4.78 is 10.8. The van der Waals surface area contributed by atoms with Crippen molar-refractivity contribution >= 4 is 23.9 Å². The monoisotopic (exact) mass is 670 g/mol. The highest BCUT2D eigenvalue weighted by Crippen LogP contribution is 2.45. The molecule has 6 unspecified atom stereocenters. The number of nitrogens with zero attached hydrogens (tertiary/aromatic N) is 4. The van der Waals surface area contributed by atoms with Crippen LogP contribution in [0.5, 0.6) is 0 Å². The number of likely N-dealkylation sites (tertiary alicyclic amines) is 1. The average molecular weight is 671 g/mol. The van der Waals surface area contributed by atoms with Crippen LogP contribution in [0.25, 0.3) is 22.5 Å². The highest BCUT2D eigenvalue weighted by molar-refractivity contribution is 5.96. The second-order valence-electron chi connectivity index (χ2n) is 14.0. The van der Waals surface area contributed by atoms with Crippen LogP contribution in [0.4, 0.5) is 4.79 Å². The van der Waals surface area contributed by atoms with E-state index in [9.17, 15) is 24.3 Å². The molecule has 2 saturated heterocycles. The molecule has 13 heteroatoms. The first-order valence-corrected chi connectivity index (χ1v) is 16.5. The Kier molecular flexibility index (Phi) is 9.30. The highest BCUT2D eigenvalue weighted by Gasteiger charge is 2.61. The molecule has 0 spiro atoms. The van der Waals surface area contributed by atoms with Crippen molar-refractivity contribution in [1.29, 1.82) is 0 Å². The van der Waals surface area contributed by atoms with Gasteiger partial charge in [-0.2, -0.15) is 15.0 Å². The van der Waals surface area contributed by atoms with Gasteiger partial charge >= 0.3 is 12.1 Å². The first-order valence-electron chi connectivity index (χ1n) is 16.5. The summed E-state index contributed by atoms with van der Waals surface area (Å²) in [7, 11) is 0. The predicted octanol–water partition coefficient (Wildman–Crippen LogP) is 3.83. The smallest absolute Gasteiger partial charge is 0.408 e. The number of aliphatic carboxylic acids is 1. The van der Waals surface area contributed by atoms with Crippen LogP contribution in [0.1, 0.15) is 46.1 Å². The van der Waals surface area contributed by atoms with Crippen molar-refractivity contribution < 1.29 is 33.8 Å². The minimum absolute atomic E-state index is 0.0405. The summed E-state index contributed by atoms with van der Waals surface area (Å²) in [6.45, 7) is 9.94. The number of hydrogen-bond acceptors (Lipinski definition) is 8. The molecule has 258 valence electrons. The number of rotatable bonds is 10. The standard InChI is InChI=1S/C36H42N6O7/c1-5-24-19-36(24,33(45)46)38-31(43)27-18-25(20-41(27)32(44)30(35(2,3)4)37-34(47)49-26-16-17-48-21-26)42-39-28(22-12-8-6-9-13-22)29(40-42)23-14-10-7-11-15-23/h5-15,24-27,30H,1,16-21H2,2-4H3,(H,37,47)(H,38,43)(H,45,46). The van der Waals surface area contributed by atoms with Gasteiger partial charge in [-0.05, 0) is 11.8 Å². The van der Waals surface area contributed by atoms with Gasteiger partial charge in [0.25, 0.3) is 0 Å². The summed E-state index contributed by atoms with van der Waals surface area (Å²) in [6.07, 6.45) is 1.21. The lowest BCUT2D eigenvalue weighted by atomic mass is 9.85. The van der Waals surface area contributed by atoms with Gasteiger partial charge in [0.1, 0.15) is 35.1 Å². The van der Waals surface area contributed by atoms with Crippen molar-refractivity contribution in [1.82, 2.24) is 30.5 Å². The van der Waals surface area contributed by atoms with E-state index in [4.69, 9.17) is 19.7 Å². The topological polar surface area (TPSA) is 165 Å². The number of carboxylic acids is 1. The lowest BCUT2D eigenvalue weighted by Gasteiger charge is -2.35. The van der Waals surface area contributed by atoms with Crippen LogP contribution < -0.4 is 10.6 Å². The molecule has 1 aliphatic carbocycles. The summed E-state index contributed by atoms with van der Waals surface area (Å²) in [5.41, 5.74) is 0.709. The fourth-order valence-corrected chi connectivity index (χ4v) is 6.58. The van der Waals surface area contributed by atoms with E-state index < -0.39 is 65.0 Å². The first kappa shape index (κ1) is 33.8. The van der Waals surface area contributed by atoms with Gasteiger partial charge in [-0.3, -0.25) is 9.59 Å². The van der Waals surface area contributed by atoms with Crippen LogP contribution in [-0.4, -0.2) is 92.4 Å². The molecule has 49 heavy (non-hydrogen) atoms. The van der Waals surface area contributed by atoms with E-state index >= 15 is 0 Å². The molecule has 0 radical (unpaired) electrons. The Labute approximate surface area is 284 Å². The molecule has 3 fully saturated rings. The van der Waals surface area contributed by atoms with E-state index in [-0.39, 0.29) is 26.0 Å². The number of alkyl carbamates (subject to hydrolysis) is 1. The molecule has 6 atom stereocenters. The van der Waals surface area contributed by atoms with Crippen LogP contribution in [0.3, 0.4) is 0 Å². The molecule has 3 amide bonds. The largest absolute Gasteiger partial charge is 0.479 e. The fourth-order valence-electron chi connectivity index (χ4n) is 6.58. The molecule has 13 nitrogen and oxygen atoms in total. The Morgan fingerprint density at radius 2 is 1.65 bits per heavy atom. The maximum Gasteiger partial charge on any atom is 0.408 e. The van der Waals surface area contributed by atoms with Gasteiger partial charge < -0.3 is 30.1 Å². The number of nitrogens with one attached hydrogen (secondary N) is 2. The zero-order chi connectivity index (χ0) is 34.9. The minimum atomic E-state index is -1.49. The van der Waals surface area contributed by atoms with Crippen LogP contribution in [0.15, 0.2) is 73.3 Å². The minimum Gasteiger partial charge on any atom is -0.479 e. The van der Waals surface area contributed by atoms with Crippen LogP contribution >= 0.6 is 0 Å². The van der Waals surface area contributed by atoms with Crippen LogP contribution in [-0.2, 0) is 23.9 Å². The molecule has 0 bridgehead atoms. The Morgan fingerprint density at radius 3 is 2.14 bits per heavy atom. The molecule has 2 aromatic carbocycles. The number of benzene rings is 2. The van der Waals surface area contributed by atoms with Gasteiger partial charge in [0.2, 0.25) is 11.8 Å². The molecular weight excluding hydrogens is 628 g/mol. The van der Waals surface area contributed by atoms with Crippen LogP contribution in [0, 0.1) is 11.3 Å². The van der Waals surface area contributed by atoms with E-state index in [0.29, 0.717) is 24.4 Å². The second kappa shape index (κ2) is 13.5. The summed E-state index contributed by atoms with van der Waals surface area (Å²) in [6, 6.07) is 16.6. The number of ether oxygens (including phenoxy) is 2. The number of hydrogen-bond donors (Lipinski definition) is 3. The first-order chi connectivity index (χ1) is 23.4. The van der Waals surface area contributed by atoms with E-state index in [1.165, 1.54) is 11.0 Å². The average Bonchev–Trinajstić information content (AvgIpc) is 3.50. The predicted molar refractivity (Wildman–Crippen MR) is 179 cm³/mol. The molecule has 1 saturated carbocycles. The molecule has 3 aliphatic rings. The Morgan fingerprint density at radius 1 is 1.04 bits per heavy atom. The Bertz CT molecular complexity index is 1660. The molecule has 3 heterocycles. The van der Waals surface area contributed by atoms with E-state index in [1.807, 2.05) is 81.4 Å². The van der Waals surface area contributed by atoms with Gasteiger partial charge in [0, 0.05) is 36.4 Å². The fraction of sp³-hybridized carbons (Fsp3) is 0.444. The Hall–Kier alpha value is -5.04. The van der Waals surface area contributed by atoms with Crippen molar-refractivity contribution in [2.75, 3.05) is 19.8 Å². The second-order valence-corrected chi connectivity index (χ2v) is 14.0. The third-order valence-corrected chi connectivity index (χ3v) is 9.48. The van der Waals surface area contributed by atoms with Crippen molar-refractivity contribution in [2.45, 2.75) is 69.8 Å². The third kappa shape index (κ3) is 6.93. The van der Waals surface area contributed by atoms with Crippen molar-refractivity contribution in [3.63, 3.8) is 0 Å². The number of aromatic nitrogens is 3. The lowest BCUT2D eigenvalue weighted by Crippen LogP contribution is -2.59. The normalized spacial score (nSPS) is 25.3. The summed E-state index contributed by atoms with van der Waals surface area (Å²) in [5, 5.41) is 25.3. The molecule has 3 N–H and O–H groups in total. The van der Waals surface area contributed by atoms with Crippen molar-refractivity contribution in [3.8, 4) is 22.5 Å². The number of carbonyl (C=O) groups excluding carboxylic acids is 3. The van der Waals surface area contributed by atoms with Gasteiger partial charge in [-0.15, -0.1) is 6.58 Å². The zero-order valence-corrected chi connectivity index (χ0v) is 27.9. The number of carbonyl (C=O) groups is 4. The van der Waals surface area contributed by atoms with Gasteiger partial charge in [-0.1, -0.05) is 87.5 Å². The number of carboxylic acid groups (broad SMARTS) is 1. The molecule has 3 aromatic rings. The summed E-state index contributed by atoms with van der Waals surface area (Å²) in [4.78, 5) is 56.7. The molecule has 6 rings (SSSR count). The number of amides is 3. The lowest BCUT2D eigenvalue weighted by molar-refractivity contribution is -0.146. The van der Waals surface area contributed by atoms with Gasteiger partial charge in [0.15, 0.2) is 0 Å².